The van der Waals surface area contributed by atoms with Crippen molar-refractivity contribution in [1.29, 1.82) is 0 Å². The number of methoxy groups -OCH3 is 1. The molecule has 9 atom stereocenters. The Bertz CT molecular complexity index is 1400. The molecule has 2 saturated heterocycles. The number of nitrogens with zero attached hydrogens (tertiary/aromatic N) is 2. The number of imide groups is 2. The van der Waals surface area contributed by atoms with Crippen LogP contribution in [0.15, 0.2) is 48.6 Å². The first-order valence-corrected chi connectivity index (χ1v) is 15.2. The third-order valence-electron chi connectivity index (χ3n) is 10.5. The zero-order chi connectivity index (χ0) is 30.0. The van der Waals surface area contributed by atoms with Gasteiger partial charge in [-0.05, 0) is 80.0 Å². The summed E-state index contributed by atoms with van der Waals surface area (Å²) in [6.07, 6.45) is 10.6. The van der Waals surface area contributed by atoms with E-state index in [9.17, 15) is 28.8 Å². The standard InChI is InChI=1S/C33H34N2O8/c1-42-22-11-9-17(10-12-22)24(36)16-43-33(41)23(35-31(39)27-20-7-8-21(15-20)28(27)32(35)40)4-2-3-13-34-29(37)25-18-5-6-19(14-18)26(25)30(34)38/h5-12,18-21,23,25-28H,2-4,13-16H2,1H3/t18-,19-,20-,21-,23+,25-,26+,27-,28+/m0/s1. The first-order chi connectivity index (χ1) is 20.8. The van der Waals surface area contributed by atoms with E-state index in [0.29, 0.717) is 24.2 Å². The van der Waals surface area contributed by atoms with Crippen LogP contribution in [0.3, 0.4) is 0 Å². The molecular formula is C33H34N2O8. The molecule has 7 rings (SSSR count). The van der Waals surface area contributed by atoms with E-state index in [1.165, 1.54) is 12.0 Å². The predicted molar refractivity (Wildman–Crippen MR) is 150 cm³/mol. The van der Waals surface area contributed by atoms with Crippen LogP contribution in [0.4, 0.5) is 0 Å². The van der Waals surface area contributed by atoms with Gasteiger partial charge in [0.25, 0.3) is 0 Å². The smallest absolute Gasteiger partial charge is 0.329 e. The van der Waals surface area contributed by atoms with Gasteiger partial charge in [-0.25, -0.2) is 4.79 Å². The van der Waals surface area contributed by atoms with E-state index in [1.807, 2.05) is 12.2 Å². The minimum Gasteiger partial charge on any atom is -0.497 e. The average Bonchev–Trinajstić information content (AvgIpc) is 3.87. The van der Waals surface area contributed by atoms with Crippen molar-refractivity contribution in [2.75, 3.05) is 20.3 Å². The molecule has 2 heterocycles. The SMILES string of the molecule is COc1ccc(C(=O)COC(=O)[C@@H](CCCCN2C(=O)[C@@H]3[C@H](C2=O)[C@H]2C=C[C@H]3C2)N2C(=O)[C@@H]3[C@H](C2=O)[C@H]2C=C[C@H]3C2)cc1. The zero-order valence-corrected chi connectivity index (χ0v) is 23.9. The van der Waals surface area contributed by atoms with Gasteiger partial charge in [-0.1, -0.05) is 24.3 Å². The van der Waals surface area contributed by atoms with Crippen molar-refractivity contribution in [3.8, 4) is 5.75 Å². The van der Waals surface area contributed by atoms with E-state index in [4.69, 9.17) is 9.47 Å². The number of ketones is 1. The molecule has 1 aromatic rings. The molecule has 224 valence electrons. The summed E-state index contributed by atoms with van der Waals surface area (Å²) in [6, 6.07) is 5.22. The highest BCUT2D eigenvalue weighted by atomic mass is 16.5. The van der Waals surface area contributed by atoms with Gasteiger partial charge >= 0.3 is 5.97 Å². The molecule has 2 saturated carbocycles. The predicted octanol–water partition coefficient (Wildman–Crippen LogP) is 2.57. The van der Waals surface area contributed by atoms with Gasteiger partial charge in [-0.2, -0.15) is 0 Å². The summed E-state index contributed by atoms with van der Waals surface area (Å²) >= 11 is 0. The van der Waals surface area contributed by atoms with Gasteiger partial charge in [0.2, 0.25) is 23.6 Å². The van der Waals surface area contributed by atoms with Crippen LogP contribution < -0.4 is 4.74 Å². The highest BCUT2D eigenvalue weighted by Crippen LogP contribution is 2.54. The number of ether oxygens (including phenoxy) is 2. The van der Waals surface area contributed by atoms with Crippen molar-refractivity contribution in [3.05, 3.63) is 54.1 Å². The van der Waals surface area contributed by atoms with Gasteiger partial charge in [0.15, 0.2) is 12.4 Å². The molecule has 10 nitrogen and oxygen atoms in total. The van der Waals surface area contributed by atoms with E-state index >= 15 is 0 Å². The Morgan fingerprint density at radius 3 is 1.79 bits per heavy atom. The summed E-state index contributed by atoms with van der Waals surface area (Å²) in [5.74, 6) is -2.87. The Kier molecular flexibility index (Phi) is 6.82. The number of Topliss-reactive ketones (excluding diaryl/α,β-unsaturated/α-hetero) is 1. The number of hydrogen-bond donors (Lipinski definition) is 0. The highest BCUT2D eigenvalue weighted by Gasteiger charge is 2.61. The molecule has 0 spiro atoms. The third-order valence-corrected chi connectivity index (χ3v) is 10.5. The molecule has 0 aromatic heterocycles. The maximum absolute atomic E-state index is 13.5. The Morgan fingerprint density at radius 2 is 1.28 bits per heavy atom. The summed E-state index contributed by atoms with van der Waals surface area (Å²) < 4.78 is 10.5. The van der Waals surface area contributed by atoms with Gasteiger partial charge in [0.1, 0.15) is 11.8 Å². The summed E-state index contributed by atoms with van der Waals surface area (Å²) in [6.45, 7) is -0.309. The molecule has 4 bridgehead atoms. The maximum Gasteiger partial charge on any atom is 0.329 e. The Hall–Kier alpha value is -4.08. The fourth-order valence-electron chi connectivity index (χ4n) is 8.47. The summed E-state index contributed by atoms with van der Waals surface area (Å²) in [7, 11) is 1.52. The Balaban J connectivity index is 1.02. The van der Waals surface area contributed by atoms with E-state index in [0.717, 1.165) is 17.7 Å². The largest absolute Gasteiger partial charge is 0.497 e. The average molecular weight is 587 g/mol. The lowest BCUT2D eigenvalue weighted by atomic mass is 9.85. The molecule has 0 unspecified atom stereocenters. The van der Waals surface area contributed by atoms with Crippen molar-refractivity contribution in [3.63, 3.8) is 0 Å². The summed E-state index contributed by atoms with van der Waals surface area (Å²) in [5.41, 5.74) is 0.337. The molecule has 6 aliphatic rings. The Labute approximate surface area is 249 Å². The van der Waals surface area contributed by atoms with E-state index in [1.54, 1.807) is 24.3 Å². The second-order valence-corrected chi connectivity index (χ2v) is 12.6. The van der Waals surface area contributed by atoms with Crippen molar-refractivity contribution in [2.24, 2.45) is 47.3 Å². The van der Waals surface area contributed by atoms with Crippen LogP contribution in [0.2, 0.25) is 0 Å². The Morgan fingerprint density at radius 1 is 0.767 bits per heavy atom. The monoisotopic (exact) mass is 586 g/mol. The number of rotatable bonds is 11. The topological polar surface area (TPSA) is 127 Å². The molecular weight excluding hydrogens is 552 g/mol. The van der Waals surface area contributed by atoms with E-state index in [-0.39, 0.29) is 72.1 Å². The van der Waals surface area contributed by atoms with Crippen LogP contribution in [-0.2, 0) is 28.7 Å². The van der Waals surface area contributed by atoms with Crippen LogP contribution >= 0.6 is 0 Å². The number of likely N-dealkylation sites (tertiary alicyclic amines) is 2. The molecule has 4 aliphatic carbocycles. The van der Waals surface area contributed by atoms with E-state index in [2.05, 4.69) is 12.2 Å². The number of carbonyl (C=O) groups excluding carboxylic acids is 6. The molecule has 0 radical (unpaired) electrons. The number of esters is 1. The number of amides is 4. The second kappa shape index (κ2) is 10.6. The number of unbranched alkanes of at least 4 members (excludes halogenated alkanes) is 1. The van der Waals surface area contributed by atoms with Gasteiger partial charge in [0.05, 0.1) is 30.8 Å². The fourth-order valence-corrected chi connectivity index (χ4v) is 8.47. The minimum atomic E-state index is -1.18. The van der Waals surface area contributed by atoms with Crippen LogP contribution in [-0.4, -0.2) is 71.5 Å². The molecule has 4 amide bonds. The molecule has 10 heteroatoms. The van der Waals surface area contributed by atoms with Crippen molar-refractivity contribution < 1.29 is 38.2 Å². The van der Waals surface area contributed by atoms with E-state index < -0.39 is 36.2 Å². The third kappa shape index (κ3) is 4.36. The van der Waals surface area contributed by atoms with Crippen LogP contribution in [0, 0.1) is 47.3 Å². The molecule has 43 heavy (non-hydrogen) atoms. The minimum absolute atomic E-state index is 0.0128. The highest BCUT2D eigenvalue weighted by molar-refractivity contribution is 6.09. The summed E-state index contributed by atoms with van der Waals surface area (Å²) in [4.78, 5) is 81.8. The lowest BCUT2D eigenvalue weighted by molar-refractivity contribution is -0.159. The molecule has 0 N–H and O–H groups in total. The zero-order valence-electron chi connectivity index (χ0n) is 23.9. The number of fused-ring (bicyclic) bond motifs is 10. The second-order valence-electron chi connectivity index (χ2n) is 12.6. The maximum atomic E-state index is 13.5. The van der Waals surface area contributed by atoms with Gasteiger partial charge in [-0.15, -0.1) is 0 Å². The molecule has 4 fully saturated rings. The molecule has 1 aromatic carbocycles. The fraction of sp³-hybridized carbons (Fsp3) is 0.515. The number of hydrogen-bond acceptors (Lipinski definition) is 8. The first-order valence-electron chi connectivity index (χ1n) is 15.2. The quantitative estimate of drug-likeness (QED) is 0.127. The number of carbonyl (C=O) groups is 6. The van der Waals surface area contributed by atoms with Crippen molar-refractivity contribution in [1.82, 2.24) is 9.80 Å². The number of allylic oxidation sites excluding steroid dienone is 4. The van der Waals surface area contributed by atoms with Crippen LogP contribution in [0.1, 0.15) is 42.5 Å². The summed E-state index contributed by atoms with van der Waals surface area (Å²) in [5, 5.41) is 0. The first kappa shape index (κ1) is 27.7. The van der Waals surface area contributed by atoms with Crippen molar-refractivity contribution in [2.45, 2.75) is 38.1 Å². The van der Waals surface area contributed by atoms with Gasteiger partial charge in [0, 0.05) is 12.1 Å². The lowest BCUT2D eigenvalue weighted by Gasteiger charge is -2.26. The van der Waals surface area contributed by atoms with Gasteiger partial charge < -0.3 is 9.47 Å². The normalized spacial score (nSPS) is 33.5. The lowest BCUT2D eigenvalue weighted by Crippen LogP contribution is -2.47. The van der Waals surface area contributed by atoms with Gasteiger partial charge in [-0.3, -0.25) is 33.8 Å². The van der Waals surface area contributed by atoms with Crippen LogP contribution in [0.5, 0.6) is 5.75 Å². The van der Waals surface area contributed by atoms with Crippen molar-refractivity contribution >= 4 is 35.4 Å². The number of benzene rings is 1. The van der Waals surface area contributed by atoms with Crippen LogP contribution in [0.25, 0.3) is 0 Å². The molecule has 2 aliphatic heterocycles.